The van der Waals surface area contributed by atoms with Gasteiger partial charge >= 0.3 is 0 Å². The predicted octanol–water partition coefficient (Wildman–Crippen LogP) is 3.10. The number of benzene rings is 1. The van der Waals surface area contributed by atoms with Crippen LogP contribution in [0.4, 0.5) is 0 Å². The topological polar surface area (TPSA) is 35.2 Å². The molecule has 0 bridgehead atoms. The zero-order valence-corrected chi connectivity index (χ0v) is 13.9. The highest BCUT2D eigenvalue weighted by Gasteiger charge is 2.17. The van der Waals surface area contributed by atoms with Gasteiger partial charge in [-0.1, -0.05) is 19.1 Å². The fourth-order valence-electron chi connectivity index (χ4n) is 2.82. The Hall–Kier alpha value is -1.66. The van der Waals surface area contributed by atoms with E-state index < -0.39 is 0 Å². The third-order valence-electron chi connectivity index (χ3n) is 4.29. The first kappa shape index (κ1) is 15.2. The zero-order valence-electron chi connectivity index (χ0n) is 13.1. The fourth-order valence-corrected chi connectivity index (χ4v) is 3.07. The van der Waals surface area contributed by atoms with Crippen molar-refractivity contribution in [2.45, 2.75) is 26.4 Å². The van der Waals surface area contributed by atoms with Crippen LogP contribution in [0.1, 0.15) is 19.8 Å². The minimum atomic E-state index is 0.697. The van der Waals surface area contributed by atoms with Gasteiger partial charge in [0.15, 0.2) is 0 Å². The van der Waals surface area contributed by atoms with Gasteiger partial charge < -0.3 is 4.74 Å². The van der Waals surface area contributed by atoms with E-state index in [1.54, 1.807) is 13.4 Å². The average Bonchev–Trinajstić information content (AvgIpc) is 2.90. The van der Waals surface area contributed by atoms with Gasteiger partial charge in [0.2, 0.25) is 4.77 Å². The molecule has 22 heavy (non-hydrogen) atoms. The number of nitrogens with zero attached hydrogens (tertiary/aromatic N) is 4. The van der Waals surface area contributed by atoms with Crippen molar-refractivity contribution in [2.75, 3.05) is 20.2 Å². The Morgan fingerprint density at radius 1 is 1.27 bits per heavy atom. The molecule has 5 nitrogen and oxygen atoms in total. The molecule has 0 spiro atoms. The van der Waals surface area contributed by atoms with Gasteiger partial charge in [-0.3, -0.25) is 9.47 Å². The molecule has 2 heterocycles. The molecule has 0 aliphatic carbocycles. The molecule has 6 heteroatoms. The number of rotatable bonds is 4. The van der Waals surface area contributed by atoms with Gasteiger partial charge in [-0.05, 0) is 43.1 Å². The molecule has 0 saturated carbocycles. The third-order valence-corrected chi connectivity index (χ3v) is 4.70. The van der Waals surface area contributed by atoms with Crippen LogP contribution < -0.4 is 4.74 Å². The quantitative estimate of drug-likeness (QED) is 0.812. The van der Waals surface area contributed by atoms with Crippen LogP contribution in [0.15, 0.2) is 30.6 Å². The van der Waals surface area contributed by atoms with Crippen LogP contribution in [0.3, 0.4) is 0 Å². The van der Waals surface area contributed by atoms with Gasteiger partial charge in [-0.15, -0.1) is 0 Å². The molecule has 118 valence electrons. The van der Waals surface area contributed by atoms with Crippen molar-refractivity contribution in [2.24, 2.45) is 5.92 Å². The van der Waals surface area contributed by atoms with Crippen LogP contribution in [-0.4, -0.2) is 39.4 Å². The van der Waals surface area contributed by atoms with E-state index in [-0.39, 0.29) is 0 Å². The number of para-hydroxylation sites is 2. The van der Waals surface area contributed by atoms with E-state index in [9.17, 15) is 0 Å². The highest BCUT2D eigenvalue weighted by molar-refractivity contribution is 7.71. The summed E-state index contributed by atoms with van der Waals surface area (Å²) in [6.07, 6.45) is 4.27. The van der Waals surface area contributed by atoms with E-state index in [2.05, 4.69) is 16.9 Å². The van der Waals surface area contributed by atoms with Crippen LogP contribution in [0.5, 0.6) is 5.75 Å². The second-order valence-corrected chi connectivity index (χ2v) is 6.26. The second-order valence-electron chi connectivity index (χ2n) is 5.90. The predicted molar refractivity (Wildman–Crippen MR) is 88.9 cm³/mol. The molecule has 1 aromatic carbocycles. The molecule has 0 atom stereocenters. The molecule has 1 saturated heterocycles. The fraction of sp³-hybridized carbons (Fsp3) is 0.500. The summed E-state index contributed by atoms with van der Waals surface area (Å²) in [5, 5.41) is 4.46. The van der Waals surface area contributed by atoms with E-state index in [1.165, 1.54) is 12.8 Å². The molecule has 1 aliphatic heterocycles. The van der Waals surface area contributed by atoms with Crippen molar-refractivity contribution in [3.63, 3.8) is 0 Å². The highest BCUT2D eigenvalue weighted by atomic mass is 32.1. The van der Waals surface area contributed by atoms with Crippen LogP contribution in [0.25, 0.3) is 5.69 Å². The lowest BCUT2D eigenvalue weighted by Gasteiger charge is -2.29. The van der Waals surface area contributed by atoms with Crippen LogP contribution in [0, 0.1) is 10.7 Å². The molecular weight excluding hydrogens is 296 g/mol. The van der Waals surface area contributed by atoms with Gasteiger partial charge in [-0.25, -0.2) is 4.68 Å². The summed E-state index contributed by atoms with van der Waals surface area (Å²) in [4.78, 5) is 2.41. The Morgan fingerprint density at radius 3 is 2.73 bits per heavy atom. The van der Waals surface area contributed by atoms with E-state index in [0.29, 0.717) is 4.77 Å². The minimum Gasteiger partial charge on any atom is -0.495 e. The molecule has 2 aromatic rings. The van der Waals surface area contributed by atoms with Crippen molar-refractivity contribution in [3.05, 3.63) is 35.4 Å². The lowest BCUT2D eigenvalue weighted by molar-refractivity contribution is 0.146. The first-order valence-electron chi connectivity index (χ1n) is 7.69. The van der Waals surface area contributed by atoms with Gasteiger partial charge in [0.1, 0.15) is 12.1 Å². The molecule has 1 fully saturated rings. The number of likely N-dealkylation sites (tertiary alicyclic amines) is 1. The molecule has 1 aliphatic rings. The monoisotopic (exact) mass is 318 g/mol. The van der Waals surface area contributed by atoms with E-state index >= 15 is 0 Å². The summed E-state index contributed by atoms with van der Waals surface area (Å²) in [6.45, 7) is 5.31. The first-order valence-corrected chi connectivity index (χ1v) is 8.10. The zero-order chi connectivity index (χ0) is 15.5. The van der Waals surface area contributed by atoms with Crippen LogP contribution in [0.2, 0.25) is 0 Å². The maximum absolute atomic E-state index is 5.59. The summed E-state index contributed by atoms with van der Waals surface area (Å²) in [5.74, 6) is 1.63. The Morgan fingerprint density at radius 2 is 2.00 bits per heavy atom. The van der Waals surface area contributed by atoms with E-state index in [4.69, 9.17) is 17.0 Å². The molecule has 0 radical (unpaired) electrons. The lowest BCUT2D eigenvalue weighted by atomic mass is 10.00. The number of piperidine rings is 1. The average molecular weight is 318 g/mol. The van der Waals surface area contributed by atoms with E-state index in [0.717, 1.165) is 37.1 Å². The van der Waals surface area contributed by atoms with Gasteiger partial charge in [0.25, 0.3) is 0 Å². The van der Waals surface area contributed by atoms with Crippen molar-refractivity contribution in [3.8, 4) is 11.4 Å². The summed E-state index contributed by atoms with van der Waals surface area (Å²) in [6, 6.07) is 7.85. The standard InChI is InChI=1S/C16H22N4OS/c1-13-7-9-18(10-8-13)12-20-16(22)19(11-17-20)14-5-3-4-6-15(14)21-2/h3-6,11,13H,7-10,12H2,1-2H3. The Bertz CT molecular complexity index is 685. The van der Waals surface area contributed by atoms with Gasteiger partial charge in [-0.2, -0.15) is 5.10 Å². The van der Waals surface area contributed by atoms with Crippen molar-refractivity contribution < 1.29 is 4.74 Å². The maximum atomic E-state index is 5.59. The SMILES string of the molecule is COc1ccccc1-n1cnn(CN2CCC(C)CC2)c1=S. The first-order chi connectivity index (χ1) is 10.7. The van der Waals surface area contributed by atoms with E-state index in [1.807, 2.05) is 33.5 Å². The van der Waals surface area contributed by atoms with Crippen LogP contribution in [-0.2, 0) is 6.67 Å². The van der Waals surface area contributed by atoms with Crippen LogP contribution >= 0.6 is 12.2 Å². The maximum Gasteiger partial charge on any atom is 0.203 e. The Kier molecular flexibility index (Phi) is 4.59. The molecular formula is C16H22N4OS. The number of hydrogen-bond acceptors (Lipinski definition) is 4. The van der Waals surface area contributed by atoms with Gasteiger partial charge in [0.05, 0.1) is 19.5 Å². The van der Waals surface area contributed by atoms with Crippen molar-refractivity contribution >= 4 is 12.2 Å². The van der Waals surface area contributed by atoms with Gasteiger partial charge in [0, 0.05) is 13.1 Å². The normalized spacial score (nSPS) is 16.8. The largest absolute Gasteiger partial charge is 0.495 e. The number of aromatic nitrogens is 3. The molecule has 0 N–H and O–H groups in total. The highest BCUT2D eigenvalue weighted by Crippen LogP contribution is 2.22. The molecule has 1 aromatic heterocycles. The Labute approximate surface area is 136 Å². The van der Waals surface area contributed by atoms with Crippen molar-refractivity contribution in [1.29, 1.82) is 0 Å². The number of ether oxygens (including phenoxy) is 1. The summed E-state index contributed by atoms with van der Waals surface area (Å²) >= 11 is 5.59. The van der Waals surface area contributed by atoms with Crippen molar-refractivity contribution in [1.82, 2.24) is 19.2 Å². The summed E-state index contributed by atoms with van der Waals surface area (Å²) in [5.41, 5.74) is 0.925. The Balaban J connectivity index is 1.82. The molecule has 0 unspecified atom stereocenters. The summed E-state index contributed by atoms with van der Waals surface area (Å²) in [7, 11) is 1.67. The number of methoxy groups -OCH3 is 1. The lowest BCUT2D eigenvalue weighted by Crippen LogP contribution is -2.34. The molecule has 3 rings (SSSR count). The molecule has 0 amide bonds. The summed E-state index contributed by atoms with van der Waals surface area (Å²) < 4.78 is 9.90. The second kappa shape index (κ2) is 6.62. The minimum absolute atomic E-state index is 0.697. The number of hydrogen-bond donors (Lipinski definition) is 0. The third kappa shape index (κ3) is 3.08. The smallest absolute Gasteiger partial charge is 0.203 e.